The molecular formula is C24H26O6. The molecule has 0 N–H and O–H groups in total. The van der Waals surface area contributed by atoms with Gasteiger partial charge >= 0.3 is 11.9 Å². The van der Waals surface area contributed by atoms with E-state index >= 15 is 0 Å². The third-order valence-electron chi connectivity index (χ3n) is 4.98. The zero-order chi connectivity index (χ0) is 22.4. The first-order valence-corrected chi connectivity index (χ1v) is 9.62. The smallest absolute Gasteiger partial charge is 0.314 e. The van der Waals surface area contributed by atoms with Crippen LogP contribution >= 0.6 is 0 Å². The molecule has 2 atom stereocenters. The Hall–Kier alpha value is -3.28. The van der Waals surface area contributed by atoms with E-state index in [1.807, 2.05) is 12.1 Å². The van der Waals surface area contributed by atoms with Crippen LogP contribution in [0.5, 0.6) is 0 Å². The van der Waals surface area contributed by atoms with E-state index in [1.165, 1.54) is 13.8 Å². The topological polar surface area (TPSA) is 86.7 Å². The van der Waals surface area contributed by atoms with E-state index in [-0.39, 0.29) is 11.6 Å². The molecule has 0 amide bonds. The normalized spacial score (nSPS) is 14.7. The molecule has 2 aromatic rings. The van der Waals surface area contributed by atoms with E-state index in [4.69, 9.17) is 9.47 Å². The zero-order valence-corrected chi connectivity index (χ0v) is 17.6. The Morgan fingerprint density at radius 2 is 0.933 bits per heavy atom. The fourth-order valence-electron chi connectivity index (χ4n) is 3.31. The largest absolute Gasteiger partial charge is 0.449 e. The Morgan fingerprint density at radius 1 is 0.633 bits per heavy atom. The van der Waals surface area contributed by atoms with Crippen molar-refractivity contribution in [1.29, 1.82) is 0 Å². The fourth-order valence-corrected chi connectivity index (χ4v) is 3.31. The number of carbonyl (C=O) groups is 4. The number of hydrogen-bond donors (Lipinski definition) is 0. The van der Waals surface area contributed by atoms with Gasteiger partial charge in [0, 0.05) is 0 Å². The van der Waals surface area contributed by atoms with Crippen LogP contribution < -0.4 is 0 Å². The summed E-state index contributed by atoms with van der Waals surface area (Å²) in [4.78, 5) is 48.0. The van der Waals surface area contributed by atoms with Crippen molar-refractivity contribution in [3.05, 3.63) is 71.8 Å². The van der Waals surface area contributed by atoms with Gasteiger partial charge in [0.1, 0.15) is 24.4 Å². The maximum absolute atomic E-state index is 12.5. The zero-order valence-electron chi connectivity index (χ0n) is 17.6. The Morgan fingerprint density at radius 3 is 1.20 bits per heavy atom. The standard InChI is InChI=1S/C24H26O6/c1-17(25)15-21(27)29-23(3,19-11-7-5-8-12-19)24(4,20-13-9-6-10-14-20)30-22(28)16-18(2)26/h5-14H,15-16H2,1-4H3. The minimum atomic E-state index is -1.48. The molecule has 2 aromatic carbocycles. The number of esters is 2. The minimum Gasteiger partial charge on any atom is -0.449 e. The number of benzene rings is 2. The fraction of sp³-hybridized carbons (Fsp3) is 0.333. The highest BCUT2D eigenvalue weighted by molar-refractivity contribution is 5.95. The SMILES string of the molecule is CC(=O)CC(=O)OC(C)(c1ccccc1)C(C)(OC(=O)CC(C)=O)c1ccccc1. The first-order valence-electron chi connectivity index (χ1n) is 9.62. The van der Waals surface area contributed by atoms with E-state index in [2.05, 4.69) is 0 Å². The molecular weight excluding hydrogens is 384 g/mol. The molecule has 2 rings (SSSR count). The molecule has 0 spiro atoms. The number of ether oxygens (including phenoxy) is 2. The molecule has 0 saturated carbocycles. The summed E-state index contributed by atoms with van der Waals surface area (Å²) in [5.41, 5.74) is -1.81. The molecule has 6 heteroatoms. The van der Waals surface area contributed by atoms with Gasteiger partial charge in [0.25, 0.3) is 0 Å². The summed E-state index contributed by atoms with van der Waals surface area (Å²) in [5.74, 6) is -2.16. The second-order valence-corrected chi connectivity index (χ2v) is 7.50. The third-order valence-corrected chi connectivity index (χ3v) is 4.98. The molecule has 2 unspecified atom stereocenters. The molecule has 0 heterocycles. The van der Waals surface area contributed by atoms with E-state index in [1.54, 1.807) is 62.4 Å². The molecule has 0 fully saturated rings. The maximum Gasteiger partial charge on any atom is 0.314 e. The number of ketones is 2. The minimum absolute atomic E-state index is 0.342. The average molecular weight is 410 g/mol. The van der Waals surface area contributed by atoms with Crippen LogP contribution in [-0.4, -0.2) is 23.5 Å². The van der Waals surface area contributed by atoms with Crippen molar-refractivity contribution in [2.24, 2.45) is 0 Å². The van der Waals surface area contributed by atoms with E-state index in [0.717, 1.165) is 0 Å². The second-order valence-electron chi connectivity index (χ2n) is 7.50. The number of rotatable bonds is 9. The molecule has 0 aliphatic rings. The molecule has 6 nitrogen and oxygen atoms in total. The van der Waals surface area contributed by atoms with Gasteiger partial charge in [0.05, 0.1) is 0 Å². The summed E-state index contributed by atoms with van der Waals surface area (Å²) in [5, 5.41) is 0. The summed E-state index contributed by atoms with van der Waals surface area (Å²) in [7, 11) is 0. The lowest BCUT2D eigenvalue weighted by molar-refractivity contribution is -0.214. The first-order chi connectivity index (χ1) is 14.1. The van der Waals surface area contributed by atoms with Crippen molar-refractivity contribution >= 4 is 23.5 Å². The molecule has 0 aliphatic heterocycles. The van der Waals surface area contributed by atoms with E-state index in [0.29, 0.717) is 11.1 Å². The quantitative estimate of drug-likeness (QED) is 0.461. The average Bonchev–Trinajstić information content (AvgIpc) is 2.67. The summed E-state index contributed by atoms with van der Waals surface area (Å²) in [6.07, 6.45) is -0.816. The van der Waals surface area contributed by atoms with Gasteiger partial charge in [-0.05, 0) is 38.8 Å². The summed E-state index contributed by atoms with van der Waals surface area (Å²) < 4.78 is 11.7. The van der Waals surface area contributed by atoms with Gasteiger partial charge in [-0.2, -0.15) is 0 Å². The van der Waals surface area contributed by atoms with E-state index < -0.39 is 36.0 Å². The third kappa shape index (κ3) is 5.20. The molecule has 0 bridgehead atoms. The van der Waals surface area contributed by atoms with Gasteiger partial charge in [-0.3, -0.25) is 19.2 Å². The Kier molecular flexibility index (Phi) is 7.27. The molecule has 0 radical (unpaired) electrons. The van der Waals surface area contributed by atoms with Crippen molar-refractivity contribution in [1.82, 2.24) is 0 Å². The maximum atomic E-state index is 12.5. The highest BCUT2D eigenvalue weighted by Crippen LogP contribution is 2.46. The number of hydrogen-bond acceptors (Lipinski definition) is 6. The lowest BCUT2D eigenvalue weighted by atomic mass is 9.75. The van der Waals surface area contributed by atoms with Crippen LogP contribution in [0.15, 0.2) is 60.7 Å². The van der Waals surface area contributed by atoms with Crippen LogP contribution in [0.2, 0.25) is 0 Å². The van der Waals surface area contributed by atoms with Crippen LogP contribution in [0.25, 0.3) is 0 Å². The molecule has 0 aliphatic carbocycles. The predicted octanol–water partition coefficient (Wildman–Crippen LogP) is 3.86. The molecule has 0 saturated heterocycles. The van der Waals surface area contributed by atoms with Crippen LogP contribution in [0, 0.1) is 0 Å². The van der Waals surface area contributed by atoms with Gasteiger partial charge in [-0.25, -0.2) is 0 Å². The van der Waals surface area contributed by atoms with Crippen molar-refractivity contribution in [3.8, 4) is 0 Å². The summed E-state index contributed by atoms with van der Waals surface area (Å²) >= 11 is 0. The molecule has 0 aromatic heterocycles. The van der Waals surface area contributed by atoms with Gasteiger partial charge in [-0.1, -0.05) is 60.7 Å². The highest BCUT2D eigenvalue weighted by atomic mass is 16.6. The van der Waals surface area contributed by atoms with Crippen LogP contribution in [0.4, 0.5) is 0 Å². The van der Waals surface area contributed by atoms with Gasteiger partial charge in [0.2, 0.25) is 0 Å². The van der Waals surface area contributed by atoms with Crippen molar-refractivity contribution in [3.63, 3.8) is 0 Å². The Balaban J connectivity index is 2.65. The predicted molar refractivity (Wildman–Crippen MR) is 110 cm³/mol. The highest BCUT2D eigenvalue weighted by Gasteiger charge is 2.53. The lowest BCUT2D eigenvalue weighted by Crippen LogP contribution is -2.51. The second kappa shape index (κ2) is 9.48. The van der Waals surface area contributed by atoms with Crippen LogP contribution in [-0.2, 0) is 39.9 Å². The van der Waals surface area contributed by atoms with Crippen LogP contribution in [0.1, 0.15) is 51.7 Å². The molecule has 30 heavy (non-hydrogen) atoms. The van der Waals surface area contributed by atoms with Gasteiger partial charge in [0.15, 0.2) is 11.2 Å². The van der Waals surface area contributed by atoms with Crippen molar-refractivity contribution in [2.45, 2.75) is 51.7 Å². The Bertz CT molecular complexity index is 844. The number of Topliss-reactive ketones (excluding diaryl/α,β-unsaturated/α-hetero) is 2. The van der Waals surface area contributed by atoms with Gasteiger partial charge < -0.3 is 9.47 Å². The van der Waals surface area contributed by atoms with Crippen molar-refractivity contribution < 1.29 is 28.7 Å². The first kappa shape index (κ1) is 23.0. The van der Waals surface area contributed by atoms with Crippen molar-refractivity contribution in [2.75, 3.05) is 0 Å². The number of carbonyl (C=O) groups excluding carboxylic acids is 4. The molecule has 158 valence electrons. The monoisotopic (exact) mass is 410 g/mol. The lowest BCUT2D eigenvalue weighted by Gasteiger charge is -2.45. The van der Waals surface area contributed by atoms with Crippen LogP contribution in [0.3, 0.4) is 0 Å². The Labute approximate surface area is 176 Å². The summed E-state index contributed by atoms with van der Waals surface area (Å²) in [6, 6.07) is 17.7. The van der Waals surface area contributed by atoms with Gasteiger partial charge in [-0.15, -0.1) is 0 Å². The summed E-state index contributed by atoms with van der Waals surface area (Å²) in [6.45, 7) is 5.86. The van der Waals surface area contributed by atoms with E-state index in [9.17, 15) is 19.2 Å².